The number of ether oxygens (including phenoxy) is 2. The molecule has 2 unspecified atom stereocenters. The number of carbonyl (C=O) groups excluding carboxylic acids is 2. The van der Waals surface area contributed by atoms with Crippen molar-refractivity contribution in [2.24, 2.45) is 11.8 Å². The van der Waals surface area contributed by atoms with Gasteiger partial charge in [0, 0.05) is 11.8 Å². The van der Waals surface area contributed by atoms with Gasteiger partial charge < -0.3 is 20.1 Å². The van der Waals surface area contributed by atoms with Crippen molar-refractivity contribution in [3.8, 4) is 11.5 Å². The van der Waals surface area contributed by atoms with Gasteiger partial charge in [-0.2, -0.15) is 0 Å². The molecule has 1 saturated carbocycles. The molecule has 3 rings (SSSR count). The van der Waals surface area contributed by atoms with E-state index >= 15 is 0 Å². The molecule has 6 heteroatoms. The molecule has 0 saturated heterocycles. The van der Waals surface area contributed by atoms with Gasteiger partial charge in [-0.25, -0.2) is 0 Å². The second-order valence-corrected chi connectivity index (χ2v) is 8.32. The van der Waals surface area contributed by atoms with Crippen molar-refractivity contribution in [2.75, 3.05) is 24.9 Å². The number of rotatable bonds is 6. The molecule has 1 aliphatic carbocycles. The lowest BCUT2D eigenvalue weighted by atomic mass is 9.87. The van der Waals surface area contributed by atoms with Crippen LogP contribution >= 0.6 is 0 Å². The maximum Gasteiger partial charge on any atom is 0.228 e. The molecule has 2 atom stereocenters. The highest BCUT2D eigenvalue weighted by atomic mass is 16.5. The number of amides is 2. The molecule has 1 fully saturated rings. The van der Waals surface area contributed by atoms with Crippen LogP contribution < -0.4 is 20.1 Å². The Morgan fingerprint density at radius 2 is 1.52 bits per heavy atom. The summed E-state index contributed by atoms with van der Waals surface area (Å²) in [6.07, 6.45) is 0.532. The van der Waals surface area contributed by atoms with Crippen LogP contribution in [0.15, 0.2) is 42.5 Å². The number of anilines is 2. The number of methoxy groups -OCH3 is 2. The second-order valence-electron chi connectivity index (χ2n) is 8.32. The van der Waals surface area contributed by atoms with E-state index in [4.69, 9.17) is 9.47 Å². The van der Waals surface area contributed by atoms with Gasteiger partial charge in [0.2, 0.25) is 11.8 Å². The Hall–Kier alpha value is -3.02. The van der Waals surface area contributed by atoms with Crippen LogP contribution in [0.4, 0.5) is 11.4 Å². The first-order valence-corrected chi connectivity index (χ1v) is 9.67. The molecular formula is C23H28N2O4. The first-order chi connectivity index (χ1) is 13.7. The summed E-state index contributed by atoms with van der Waals surface area (Å²) >= 11 is 0. The molecule has 154 valence electrons. The molecule has 6 nitrogen and oxygen atoms in total. The topological polar surface area (TPSA) is 76.7 Å². The molecule has 2 N–H and O–H groups in total. The quantitative estimate of drug-likeness (QED) is 0.767. The second kappa shape index (κ2) is 8.15. The normalized spacial score (nSPS) is 18.0. The Kier molecular flexibility index (Phi) is 5.82. The predicted molar refractivity (Wildman–Crippen MR) is 114 cm³/mol. The Morgan fingerprint density at radius 3 is 2.07 bits per heavy atom. The van der Waals surface area contributed by atoms with Gasteiger partial charge in [0.15, 0.2) is 0 Å². The summed E-state index contributed by atoms with van der Waals surface area (Å²) in [4.78, 5) is 25.1. The third kappa shape index (κ3) is 4.88. The van der Waals surface area contributed by atoms with Crippen molar-refractivity contribution in [2.45, 2.75) is 32.6 Å². The van der Waals surface area contributed by atoms with E-state index < -0.39 is 0 Å². The van der Waals surface area contributed by atoms with Gasteiger partial charge in [0.25, 0.3) is 0 Å². The molecule has 1 aliphatic rings. The zero-order valence-electron chi connectivity index (χ0n) is 17.5. The van der Waals surface area contributed by atoms with Crippen LogP contribution in [0, 0.1) is 11.8 Å². The van der Waals surface area contributed by atoms with Crippen molar-refractivity contribution in [1.82, 2.24) is 0 Å². The average molecular weight is 396 g/mol. The average Bonchev–Trinajstić information content (AvgIpc) is 3.49. The van der Waals surface area contributed by atoms with Crippen molar-refractivity contribution in [3.63, 3.8) is 0 Å². The summed E-state index contributed by atoms with van der Waals surface area (Å²) < 4.78 is 10.5. The minimum absolute atomic E-state index is 0.0589. The predicted octanol–water partition coefficient (Wildman–Crippen LogP) is 4.21. The lowest BCUT2D eigenvalue weighted by molar-refractivity contribution is -0.122. The van der Waals surface area contributed by atoms with Crippen molar-refractivity contribution in [1.29, 1.82) is 0 Å². The van der Waals surface area contributed by atoms with E-state index in [0.29, 0.717) is 23.6 Å². The van der Waals surface area contributed by atoms with E-state index in [-0.39, 0.29) is 29.1 Å². The lowest BCUT2D eigenvalue weighted by Gasteiger charge is -2.19. The maximum atomic E-state index is 12.6. The van der Waals surface area contributed by atoms with Crippen LogP contribution in [0.1, 0.15) is 32.8 Å². The molecule has 0 spiro atoms. The molecule has 2 amide bonds. The molecule has 0 radical (unpaired) electrons. The molecular weight excluding hydrogens is 368 g/mol. The van der Waals surface area contributed by atoms with Gasteiger partial charge in [0.05, 0.1) is 31.7 Å². The largest absolute Gasteiger partial charge is 0.497 e. The van der Waals surface area contributed by atoms with E-state index in [2.05, 4.69) is 31.4 Å². The van der Waals surface area contributed by atoms with Crippen molar-refractivity contribution < 1.29 is 19.1 Å². The molecule has 2 aromatic carbocycles. The Morgan fingerprint density at radius 1 is 0.897 bits per heavy atom. The Labute approximate surface area is 171 Å². The van der Waals surface area contributed by atoms with E-state index in [1.165, 1.54) is 12.7 Å². The summed E-state index contributed by atoms with van der Waals surface area (Å²) in [7, 11) is 3.10. The summed E-state index contributed by atoms with van der Waals surface area (Å²) in [5.41, 5.74) is 2.53. The van der Waals surface area contributed by atoms with Crippen LogP contribution in [0.25, 0.3) is 0 Å². The number of hydrogen-bond acceptors (Lipinski definition) is 4. The van der Waals surface area contributed by atoms with Crippen LogP contribution in [0.2, 0.25) is 0 Å². The highest BCUT2D eigenvalue weighted by Crippen LogP contribution is 2.41. The minimum atomic E-state index is -0.347. The summed E-state index contributed by atoms with van der Waals surface area (Å²) in [6.45, 7) is 6.43. The number of hydrogen-bond donors (Lipinski definition) is 2. The van der Waals surface area contributed by atoms with Gasteiger partial charge in [-0.3, -0.25) is 9.59 Å². The van der Waals surface area contributed by atoms with Gasteiger partial charge >= 0.3 is 0 Å². The van der Waals surface area contributed by atoms with Crippen LogP contribution in [-0.4, -0.2) is 26.0 Å². The van der Waals surface area contributed by atoms with Crippen LogP contribution in [0.5, 0.6) is 11.5 Å². The van der Waals surface area contributed by atoms with Crippen molar-refractivity contribution in [3.05, 3.63) is 48.0 Å². The first kappa shape index (κ1) is 20.7. The van der Waals surface area contributed by atoms with Gasteiger partial charge in [0.1, 0.15) is 11.5 Å². The summed E-state index contributed by atoms with van der Waals surface area (Å²) in [5.74, 6) is 0.157. The van der Waals surface area contributed by atoms with Crippen molar-refractivity contribution >= 4 is 23.2 Å². The first-order valence-electron chi connectivity index (χ1n) is 9.67. The van der Waals surface area contributed by atoms with Crippen LogP contribution in [-0.2, 0) is 15.0 Å². The lowest BCUT2D eigenvalue weighted by Crippen LogP contribution is -2.21. The highest BCUT2D eigenvalue weighted by Gasteiger charge is 2.48. The Balaban J connectivity index is 1.59. The van der Waals surface area contributed by atoms with E-state index in [1.54, 1.807) is 25.3 Å². The number of nitrogens with one attached hydrogen (secondary N) is 2. The smallest absolute Gasteiger partial charge is 0.228 e. The van der Waals surface area contributed by atoms with Gasteiger partial charge in [-0.15, -0.1) is 0 Å². The molecule has 0 heterocycles. The zero-order chi connectivity index (χ0) is 21.2. The summed E-state index contributed by atoms with van der Waals surface area (Å²) in [5, 5.41) is 5.76. The number of carbonyl (C=O) groups is 2. The molecule has 0 aliphatic heterocycles. The molecule has 0 aromatic heterocycles. The summed E-state index contributed by atoms with van der Waals surface area (Å²) in [6, 6.07) is 13.0. The van der Waals surface area contributed by atoms with Crippen LogP contribution in [0.3, 0.4) is 0 Å². The van der Waals surface area contributed by atoms with E-state index in [1.807, 2.05) is 24.3 Å². The minimum Gasteiger partial charge on any atom is -0.497 e. The fourth-order valence-corrected chi connectivity index (χ4v) is 3.20. The maximum absolute atomic E-state index is 12.6. The van der Waals surface area contributed by atoms with Gasteiger partial charge in [-0.05, 0) is 41.7 Å². The fourth-order valence-electron chi connectivity index (χ4n) is 3.20. The standard InChI is InChI=1S/C23H28N2O4/c1-23(2,3)14-6-8-15(9-7-14)24-21(26)17-13-18(17)22(27)25-19-12-16(28-4)10-11-20(19)29-5/h6-12,17-18H,13H2,1-5H3,(H,24,26)(H,25,27). The third-order valence-electron chi connectivity index (χ3n) is 5.15. The Bertz CT molecular complexity index is 900. The zero-order valence-corrected chi connectivity index (χ0v) is 17.5. The van der Waals surface area contributed by atoms with E-state index in [9.17, 15) is 9.59 Å². The fraction of sp³-hybridized carbons (Fsp3) is 0.391. The highest BCUT2D eigenvalue weighted by molar-refractivity contribution is 6.03. The monoisotopic (exact) mass is 396 g/mol. The third-order valence-corrected chi connectivity index (χ3v) is 5.15. The SMILES string of the molecule is COc1ccc(OC)c(NC(=O)C2CC2C(=O)Nc2ccc(C(C)(C)C)cc2)c1. The molecule has 2 aromatic rings. The molecule has 0 bridgehead atoms. The van der Waals surface area contributed by atoms with Gasteiger partial charge in [-0.1, -0.05) is 32.9 Å². The number of benzene rings is 2. The molecule has 29 heavy (non-hydrogen) atoms. The van der Waals surface area contributed by atoms with E-state index in [0.717, 1.165) is 5.69 Å².